The lowest BCUT2D eigenvalue weighted by Crippen LogP contribution is -2.33. The Morgan fingerprint density at radius 3 is 1.74 bits per heavy atom. The van der Waals surface area contributed by atoms with Crippen LogP contribution in [0.1, 0.15) is 51.7 Å². The third-order valence-corrected chi connectivity index (χ3v) is 12.7. The number of fused-ring (bicyclic) bond motifs is 10. The number of hydrogen-bond donors (Lipinski definition) is 0. The van der Waals surface area contributed by atoms with Gasteiger partial charge in [0, 0.05) is 32.9 Å². The molecule has 54 heavy (non-hydrogen) atoms. The number of rotatable bonds is 3. The van der Waals surface area contributed by atoms with Gasteiger partial charge in [0.25, 0.3) is 0 Å². The van der Waals surface area contributed by atoms with Gasteiger partial charge in [0.15, 0.2) is 0 Å². The molecule has 260 valence electrons. The van der Waals surface area contributed by atoms with E-state index in [2.05, 4.69) is 195 Å². The zero-order chi connectivity index (χ0) is 36.3. The first kappa shape index (κ1) is 31.4. The van der Waals surface area contributed by atoms with E-state index in [1.54, 1.807) is 0 Å². The third kappa shape index (κ3) is 4.46. The van der Waals surface area contributed by atoms with Gasteiger partial charge in [-0.2, -0.15) is 0 Å². The molecule has 2 heteroatoms. The molecule has 0 fully saturated rings. The second-order valence-corrected chi connectivity index (χ2v) is 16.8. The molecule has 0 spiro atoms. The fraction of sp³-hybridized carbons (Fsp3) is 0.154. The Balaban J connectivity index is 1.30. The third-order valence-electron chi connectivity index (χ3n) is 12.7. The Kier molecular flexibility index (Phi) is 6.51. The van der Waals surface area contributed by atoms with E-state index >= 15 is 0 Å². The molecule has 0 atom stereocenters. The van der Waals surface area contributed by atoms with Crippen molar-refractivity contribution in [3.63, 3.8) is 0 Å². The van der Waals surface area contributed by atoms with Gasteiger partial charge in [-0.05, 0) is 122 Å². The molecule has 0 amide bonds. The molecule has 1 aliphatic rings. The maximum absolute atomic E-state index is 2.57. The molecule has 0 saturated heterocycles. The summed E-state index contributed by atoms with van der Waals surface area (Å²) < 4.78 is 5.04. The van der Waals surface area contributed by atoms with Crippen LogP contribution in [0.5, 0.6) is 0 Å². The van der Waals surface area contributed by atoms with E-state index in [0.29, 0.717) is 0 Å². The maximum atomic E-state index is 2.57. The average molecular weight is 695 g/mol. The number of aromatic nitrogens is 2. The molecular weight excluding hydrogens is 653 g/mol. The molecule has 0 radical (unpaired) electrons. The Hall–Kier alpha value is -6.12. The lowest BCUT2D eigenvalue weighted by molar-refractivity contribution is 0.332. The van der Waals surface area contributed by atoms with Gasteiger partial charge in [-0.3, -0.25) is 0 Å². The Morgan fingerprint density at radius 1 is 0.389 bits per heavy atom. The van der Waals surface area contributed by atoms with E-state index in [9.17, 15) is 0 Å². The fourth-order valence-electron chi connectivity index (χ4n) is 9.78. The van der Waals surface area contributed by atoms with Crippen LogP contribution in [0, 0.1) is 0 Å². The highest BCUT2D eigenvalue weighted by atomic mass is 15.0. The van der Waals surface area contributed by atoms with Crippen LogP contribution in [0.25, 0.3) is 87.7 Å². The molecule has 0 bridgehead atoms. The van der Waals surface area contributed by atoms with E-state index in [-0.39, 0.29) is 10.8 Å². The lowest BCUT2D eigenvalue weighted by atomic mass is 9.63. The highest BCUT2D eigenvalue weighted by molar-refractivity contribution is 6.25. The first-order valence-electron chi connectivity index (χ1n) is 19.4. The van der Waals surface area contributed by atoms with E-state index in [4.69, 9.17) is 0 Å². The molecule has 0 aliphatic heterocycles. The molecule has 2 nitrogen and oxygen atoms in total. The summed E-state index contributed by atoms with van der Waals surface area (Å²) >= 11 is 0. The first-order chi connectivity index (χ1) is 26.3. The summed E-state index contributed by atoms with van der Waals surface area (Å²) in [6, 6.07) is 59.1. The summed E-state index contributed by atoms with van der Waals surface area (Å²) in [6.45, 7) is 9.76. The minimum Gasteiger partial charge on any atom is -0.309 e. The monoisotopic (exact) mass is 694 g/mol. The first-order valence-corrected chi connectivity index (χ1v) is 19.4. The van der Waals surface area contributed by atoms with Crippen molar-refractivity contribution >= 4 is 65.2 Å². The second kappa shape index (κ2) is 11.2. The van der Waals surface area contributed by atoms with Gasteiger partial charge in [-0.1, -0.05) is 131 Å². The number of benzene rings is 8. The zero-order valence-corrected chi connectivity index (χ0v) is 31.3. The summed E-state index contributed by atoms with van der Waals surface area (Å²) in [6.07, 6.45) is 2.36. The van der Waals surface area contributed by atoms with Gasteiger partial charge in [-0.25, -0.2) is 0 Å². The van der Waals surface area contributed by atoms with Crippen molar-refractivity contribution in [1.82, 2.24) is 9.13 Å². The highest BCUT2D eigenvalue weighted by Crippen LogP contribution is 2.49. The van der Waals surface area contributed by atoms with Gasteiger partial charge in [0.2, 0.25) is 0 Å². The van der Waals surface area contributed by atoms with E-state index in [1.165, 1.54) is 112 Å². The van der Waals surface area contributed by atoms with Crippen molar-refractivity contribution < 1.29 is 0 Å². The largest absolute Gasteiger partial charge is 0.309 e. The van der Waals surface area contributed by atoms with Gasteiger partial charge < -0.3 is 9.13 Å². The SMILES string of the molecule is CC1(C)CCC(C)(C)c2cc3c(cc21)c1cc2c(cc1n3-c1cccc(-c3cccc4ccccc34)c1)c1c3ccccc3ccc1n2-c1ccccc1. The molecule has 10 aromatic rings. The minimum atomic E-state index is 0.0921. The molecule has 0 N–H and O–H groups in total. The highest BCUT2D eigenvalue weighted by Gasteiger charge is 2.38. The summed E-state index contributed by atoms with van der Waals surface area (Å²) in [5.41, 5.74) is 13.0. The van der Waals surface area contributed by atoms with Crippen molar-refractivity contribution in [3.05, 3.63) is 169 Å². The molecule has 11 rings (SSSR count). The molecule has 2 heterocycles. The van der Waals surface area contributed by atoms with Gasteiger partial charge in [0.05, 0.1) is 22.1 Å². The standard InChI is InChI=1S/C52H42N2/c1-51(2)26-27-52(3,4)45-32-49-41(29-44(45)51)42-30-48-43(50-40-22-11-9-15-34(40)24-25-46(50)53(48)36-18-6-5-7-19-36)31-47(42)54(49)37-20-12-17-35(28-37)39-23-13-16-33-14-8-10-21-38(33)39/h5-25,28-32H,26-27H2,1-4H3. The van der Waals surface area contributed by atoms with Gasteiger partial charge >= 0.3 is 0 Å². The van der Waals surface area contributed by atoms with Crippen molar-refractivity contribution in [2.75, 3.05) is 0 Å². The van der Waals surface area contributed by atoms with Crippen molar-refractivity contribution in [2.24, 2.45) is 0 Å². The van der Waals surface area contributed by atoms with Crippen LogP contribution in [0.15, 0.2) is 158 Å². The van der Waals surface area contributed by atoms with Crippen LogP contribution in [-0.2, 0) is 10.8 Å². The zero-order valence-electron chi connectivity index (χ0n) is 31.3. The average Bonchev–Trinajstić information content (AvgIpc) is 3.70. The quantitative estimate of drug-likeness (QED) is 0.174. The molecule has 1 aliphatic carbocycles. The van der Waals surface area contributed by atoms with Crippen LogP contribution >= 0.6 is 0 Å². The number of para-hydroxylation sites is 1. The predicted molar refractivity (Wildman–Crippen MR) is 231 cm³/mol. The van der Waals surface area contributed by atoms with Crippen LogP contribution < -0.4 is 0 Å². The maximum Gasteiger partial charge on any atom is 0.0549 e. The normalized spacial score (nSPS) is 15.2. The summed E-state index contributed by atoms with van der Waals surface area (Å²) in [4.78, 5) is 0. The molecule has 2 aromatic heterocycles. The molecule has 0 saturated carbocycles. The lowest BCUT2D eigenvalue weighted by Gasteiger charge is -2.42. The minimum absolute atomic E-state index is 0.0921. The van der Waals surface area contributed by atoms with Crippen LogP contribution in [-0.4, -0.2) is 9.13 Å². The predicted octanol–water partition coefficient (Wildman–Crippen LogP) is 14.2. The Bertz CT molecular complexity index is 3150. The molecular formula is C52H42N2. The Labute approximate surface area is 315 Å². The summed E-state index contributed by atoms with van der Waals surface area (Å²) in [7, 11) is 0. The Morgan fingerprint density at radius 2 is 0.944 bits per heavy atom. The number of hydrogen-bond acceptors (Lipinski definition) is 0. The van der Waals surface area contributed by atoms with Gasteiger partial charge in [0.1, 0.15) is 0 Å². The van der Waals surface area contributed by atoms with Crippen LogP contribution in [0.3, 0.4) is 0 Å². The summed E-state index contributed by atoms with van der Waals surface area (Å²) in [5, 5.41) is 10.3. The topological polar surface area (TPSA) is 9.86 Å². The van der Waals surface area contributed by atoms with Crippen molar-refractivity contribution in [3.8, 4) is 22.5 Å². The van der Waals surface area contributed by atoms with Crippen molar-refractivity contribution in [2.45, 2.75) is 51.4 Å². The molecule has 8 aromatic carbocycles. The molecule has 0 unspecified atom stereocenters. The van der Waals surface area contributed by atoms with Crippen LogP contribution in [0.4, 0.5) is 0 Å². The van der Waals surface area contributed by atoms with E-state index in [1.807, 2.05) is 0 Å². The van der Waals surface area contributed by atoms with Gasteiger partial charge in [-0.15, -0.1) is 0 Å². The van der Waals surface area contributed by atoms with E-state index in [0.717, 1.165) is 0 Å². The second-order valence-electron chi connectivity index (χ2n) is 16.8. The smallest absolute Gasteiger partial charge is 0.0549 e. The van der Waals surface area contributed by atoms with E-state index < -0.39 is 0 Å². The van der Waals surface area contributed by atoms with Crippen molar-refractivity contribution in [1.29, 1.82) is 0 Å². The summed E-state index contributed by atoms with van der Waals surface area (Å²) in [5.74, 6) is 0. The van der Waals surface area contributed by atoms with Crippen LogP contribution in [0.2, 0.25) is 0 Å². The fourth-order valence-corrected chi connectivity index (χ4v) is 9.78. The number of nitrogens with zero attached hydrogens (tertiary/aromatic N) is 2.